The van der Waals surface area contributed by atoms with Crippen LogP contribution in [0.3, 0.4) is 0 Å². The quantitative estimate of drug-likeness (QED) is 0.300. The molecule has 3 amide bonds. The van der Waals surface area contributed by atoms with Crippen molar-refractivity contribution < 1.29 is 28.4 Å². The molecular weight excluding hydrogens is 521 g/mol. The number of amides is 3. The number of hydrogen-bond acceptors (Lipinski definition) is 6. The van der Waals surface area contributed by atoms with E-state index in [4.69, 9.17) is 14.0 Å². The zero-order chi connectivity index (χ0) is 30.5. The molecule has 2 heterocycles. The van der Waals surface area contributed by atoms with Crippen LogP contribution in [0.4, 0.5) is 4.79 Å². The van der Waals surface area contributed by atoms with Crippen molar-refractivity contribution in [3.05, 3.63) is 35.9 Å². The van der Waals surface area contributed by atoms with Crippen LogP contribution in [0.25, 0.3) is 0 Å². The van der Waals surface area contributed by atoms with Gasteiger partial charge in [-0.3, -0.25) is 9.59 Å². The molecule has 41 heavy (non-hydrogen) atoms. The Labute approximate surface area is 246 Å². The number of unbranched alkanes of at least 4 members (excludes halogenated alkanes) is 1. The average molecular weight is 572 g/mol. The summed E-state index contributed by atoms with van der Waals surface area (Å²) in [6.07, 6.45) is 3.48. The zero-order valence-electron chi connectivity index (χ0n) is 26.3. The zero-order valence-corrected chi connectivity index (χ0v) is 26.3. The van der Waals surface area contributed by atoms with Crippen LogP contribution < -0.4 is 10.6 Å². The minimum atomic E-state index is -1.09. The molecule has 2 saturated heterocycles. The number of benzene rings is 1. The molecule has 1 aromatic rings. The third kappa shape index (κ3) is 8.71. The van der Waals surface area contributed by atoms with Crippen LogP contribution in [0.2, 0.25) is 6.32 Å². The van der Waals surface area contributed by atoms with Crippen LogP contribution in [-0.4, -0.2) is 65.3 Å². The highest BCUT2D eigenvalue weighted by molar-refractivity contribution is 6.45. The maximum absolute atomic E-state index is 13.9. The van der Waals surface area contributed by atoms with Gasteiger partial charge in [0.1, 0.15) is 12.1 Å². The second-order valence-electron chi connectivity index (χ2n) is 13.6. The number of ether oxygens (including phenoxy) is 1. The predicted octanol–water partition coefficient (Wildman–Crippen LogP) is 5.09. The van der Waals surface area contributed by atoms with Gasteiger partial charge in [-0.25, -0.2) is 4.79 Å². The number of piperidine rings is 1. The summed E-state index contributed by atoms with van der Waals surface area (Å²) in [5.41, 5.74) is -1.40. The van der Waals surface area contributed by atoms with Gasteiger partial charge in [0, 0.05) is 25.6 Å². The lowest BCUT2D eigenvalue weighted by atomic mass is 9.72. The molecule has 0 bridgehead atoms. The van der Waals surface area contributed by atoms with E-state index in [0.717, 1.165) is 12.0 Å². The first kappa shape index (κ1) is 32.9. The topological polar surface area (TPSA) is 106 Å². The lowest BCUT2D eigenvalue weighted by Gasteiger charge is -2.45. The fourth-order valence-electron chi connectivity index (χ4n) is 5.65. The van der Waals surface area contributed by atoms with Gasteiger partial charge < -0.3 is 29.6 Å². The van der Waals surface area contributed by atoms with E-state index >= 15 is 0 Å². The van der Waals surface area contributed by atoms with E-state index in [1.807, 2.05) is 78.8 Å². The van der Waals surface area contributed by atoms with Crippen LogP contribution in [0.5, 0.6) is 0 Å². The van der Waals surface area contributed by atoms with Gasteiger partial charge in [0.25, 0.3) is 0 Å². The molecule has 10 heteroatoms. The third-order valence-electron chi connectivity index (χ3n) is 8.51. The van der Waals surface area contributed by atoms with E-state index in [0.29, 0.717) is 45.1 Å². The second-order valence-corrected chi connectivity index (χ2v) is 13.6. The molecule has 9 nitrogen and oxygen atoms in total. The van der Waals surface area contributed by atoms with Gasteiger partial charge in [0.15, 0.2) is 0 Å². The molecule has 0 aromatic heterocycles. The lowest BCUT2D eigenvalue weighted by Crippen LogP contribution is -2.66. The molecule has 2 fully saturated rings. The first-order chi connectivity index (χ1) is 19.0. The molecule has 228 valence electrons. The van der Waals surface area contributed by atoms with Crippen molar-refractivity contribution >= 4 is 25.0 Å². The molecule has 1 unspecified atom stereocenters. The number of nitrogens with zero attached hydrogens (tertiary/aromatic N) is 1. The number of nitrogens with one attached hydrogen (secondary N) is 2. The van der Waals surface area contributed by atoms with Crippen molar-refractivity contribution in [3.63, 3.8) is 0 Å². The first-order valence-electron chi connectivity index (χ1n) is 15.0. The monoisotopic (exact) mass is 571 g/mol. The SMILES string of the molecule is CC(=O)NC(CCCCB1OC(C)(C)C(C)(C)O1)(C(=O)NC(C)(C)C)C1CCN(C(=O)OCc2ccccc2)CC1. The van der Waals surface area contributed by atoms with Crippen LogP contribution in [0.1, 0.15) is 93.1 Å². The van der Waals surface area contributed by atoms with Gasteiger partial charge in [0.05, 0.1) is 11.2 Å². The fourth-order valence-corrected chi connectivity index (χ4v) is 5.65. The Hall–Kier alpha value is -2.59. The Morgan fingerprint density at radius 3 is 2.10 bits per heavy atom. The fraction of sp³-hybridized carbons (Fsp3) is 0.710. The van der Waals surface area contributed by atoms with Crippen LogP contribution in [0, 0.1) is 5.92 Å². The second kappa shape index (κ2) is 13.2. The van der Waals surface area contributed by atoms with Gasteiger partial charge in [-0.2, -0.15) is 0 Å². The minimum Gasteiger partial charge on any atom is -0.445 e. The van der Waals surface area contributed by atoms with Crippen LogP contribution >= 0.6 is 0 Å². The summed E-state index contributed by atoms with van der Waals surface area (Å²) in [5, 5.41) is 6.21. The Bertz CT molecular complexity index is 1030. The summed E-state index contributed by atoms with van der Waals surface area (Å²) in [6.45, 7) is 16.5. The molecule has 0 spiro atoms. The van der Waals surface area contributed by atoms with E-state index in [1.54, 1.807) is 4.90 Å². The standard InChI is InChI=1S/C31H50BN3O6/c1-23(36)33-31(26(37)34-28(2,3)4,18-12-13-19-32-40-29(5,6)30(7,8)41-32)25-16-20-35(21-17-25)27(38)39-22-24-14-10-9-11-15-24/h9-11,14-15,25H,12-13,16-22H2,1-8H3,(H,33,36)(H,34,37). The highest BCUT2D eigenvalue weighted by atomic mass is 16.7. The first-order valence-corrected chi connectivity index (χ1v) is 15.0. The van der Waals surface area contributed by atoms with Crippen molar-refractivity contribution in [3.8, 4) is 0 Å². The van der Waals surface area contributed by atoms with Crippen molar-refractivity contribution in [1.29, 1.82) is 0 Å². The highest BCUT2D eigenvalue weighted by Gasteiger charge is 2.51. The van der Waals surface area contributed by atoms with Gasteiger partial charge in [-0.15, -0.1) is 0 Å². The molecule has 1 aromatic carbocycles. The molecule has 3 rings (SSSR count). The summed E-state index contributed by atoms with van der Waals surface area (Å²) in [7, 11) is -0.302. The number of hydrogen-bond donors (Lipinski definition) is 2. The Morgan fingerprint density at radius 2 is 1.56 bits per heavy atom. The van der Waals surface area contributed by atoms with Crippen molar-refractivity contribution in [2.24, 2.45) is 5.92 Å². The molecule has 2 N–H and O–H groups in total. The molecule has 0 aliphatic carbocycles. The van der Waals surface area contributed by atoms with Gasteiger partial charge in [0.2, 0.25) is 11.8 Å². The van der Waals surface area contributed by atoms with Crippen molar-refractivity contribution in [2.75, 3.05) is 13.1 Å². The Balaban J connectivity index is 1.67. The highest BCUT2D eigenvalue weighted by Crippen LogP contribution is 2.39. The lowest BCUT2D eigenvalue weighted by molar-refractivity contribution is -0.138. The van der Waals surface area contributed by atoms with E-state index in [-0.39, 0.29) is 48.8 Å². The van der Waals surface area contributed by atoms with Gasteiger partial charge in [-0.05, 0) is 85.5 Å². The van der Waals surface area contributed by atoms with E-state index in [9.17, 15) is 14.4 Å². The van der Waals surface area contributed by atoms with Crippen molar-refractivity contribution in [1.82, 2.24) is 15.5 Å². The summed E-state index contributed by atoms with van der Waals surface area (Å²) >= 11 is 0. The molecule has 1 atom stereocenters. The van der Waals surface area contributed by atoms with E-state index in [2.05, 4.69) is 10.6 Å². The van der Waals surface area contributed by atoms with Gasteiger partial charge >= 0.3 is 13.2 Å². The maximum atomic E-state index is 13.9. The predicted molar refractivity (Wildman–Crippen MR) is 160 cm³/mol. The summed E-state index contributed by atoms with van der Waals surface area (Å²) in [6, 6.07) is 9.58. The number of carbonyl (C=O) groups excluding carboxylic acids is 3. The Morgan fingerprint density at radius 1 is 0.976 bits per heavy atom. The largest absolute Gasteiger partial charge is 0.457 e. The van der Waals surface area contributed by atoms with E-state index < -0.39 is 11.1 Å². The maximum Gasteiger partial charge on any atom is 0.457 e. The summed E-state index contributed by atoms with van der Waals surface area (Å²) in [4.78, 5) is 40.9. The summed E-state index contributed by atoms with van der Waals surface area (Å²) in [5.74, 6) is -0.561. The molecular formula is C31H50BN3O6. The number of carbonyl (C=O) groups is 3. The van der Waals surface area contributed by atoms with E-state index in [1.165, 1.54) is 6.92 Å². The molecule has 2 aliphatic rings. The summed E-state index contributed by atoms with van der Waals surface area (Å²) < 4.78 is 17.8. The van der Waals surface area contributed by atoms with Crippen molar-refractivity contribution in [2.45, 2.75) is 123 Å². The minimum absolute atomic E-state index is 0.135. The van der Waals surface area contributed by atoms with Crippen LogP contribution in [0.15, 0.2) is 30.3 Å². The smallest absolute Gasteiger partial charge is 0.445 e. The molecule has 0 saturated carbocycles. The normalized spacial score (nSPS) is 20.3. The average Bonchev–Trinajstić information content (AvgIpc) is 3.09. The van der Waals surface area contributed by atoms with Gasteiger partial charge in [-0.1, -0.05) is 43.2 Å². The van der Waals surface area contributed by atoms with Crippen LogP contribution in [-0.2, 0) is 30.2 Å². The third-order valence-corrected chi connectivity index (χ3v) is 8.51. The number of likely N-dealkylation sites (tertiary alicyclic amines) is 1. The molecule has 2 aliphatic heterocycles. The number of rotatable bonds is 10. The Kier molecular flexibility index (Phi) is 10.6. The molecule has 0 radical (unpaired) electrons.